The van der Waals surface area contributed by atoms with Crippen LogP contribution in [0.5, 0.6) is 0 Å². The molecule has 1 unspecified atom stereocenters. The smallest absolute Gasteiger partial charge is 0.273 e. The lowest BCUT2D eigenvalue weighted by Crippen LogP contribution is -2.39. The average molecular weight is 354 g/mol. The van der Waals surface area contributed by atoms with Gasteiger partial charge in [-0.05, 0) is 50.2 Å². The van der Waals surface area contributed by atoms with Crippen molar-refractivity contribution in [2.24, 2.45) is 5.92 Å². The van der Waals surface area contributed by atoms with E-state index in [1.165, 1.54) is 12.8 Å². The van der Waals surface area contributed by atoms with E-state index in [0.717, 1.165) is 23.3 Å². The summed E-state index contributed by atoms with van der Waals surface area (Å²) in [5.74, 6) is 0.972. The van der Waals surface area contributed by atoms with E-state index in [1.807, 2.05) is 13.0 Å². The third kappa shape index (κ3) is 3.61. The number of fused-ring (bicyclic) bond motifs is 1. The standard InChI is InChI=1S/C19H22N4O3/c1-11-2-6-15(20-9-11)18(24)22-13-5-7-16-14(8-13)17(23-26-16)19(25)21-10-12-3-4-12/h2,6,9,12-13H,3-5,7-8,10H2,1H3,(H,21,25)(H,22,24). The molecule has 0 aromatic carbocycles. The number of pyridine rings is 1. The third-order valence-corrected chi connectivity index (χ3v) is 4.98. The summed E-state index contributed by atoms with van der Waals surface area (Å²) in [5, 5.41) is 9.90. The molecule has 7 nitrogen and oxygen atoms in total. The zero-order chi connectivity index (χ0) is 18.1. The Morgan fingerprint density at radius 1 is 1.23 bits per heavy atom. The highest BCUT2D eigenvalue weighted by Gasteiger charge is 2.30. The van der Waals surface area contributed by atoms with Crippen molar-refractivity contribution in [3.8, 4) is 0 Å². The number of nitrogens with one attached hydrogen (secondary N) is 2. The lowest BCUT2D eigenvalue weighted by Gasteiger charge is -2.22. The molecule has 2 aromatic rings. The van der Waals surface area contributed by atoms with Gasteiger partial charge in [-0.2, -0.15) is 0 Å². The van der Waals surface area contributed by atoms with Crippen LogP contribution >= 0.6 is 0 Å². The van der Waals surface area contributed by atoms with Crippen molar-refractivity contribution in [2.75, 3.05) is 6.54 Å². The molecule has 2 aromatic heterocycles. The van der Waals surface area contributed by atoms with Crippen molar-refractivity contribution in [2.45, 2.75) is 45.1 Å². The van der Waals surface area contributed by atoms with Gasteiger partial charge in [0, 0.05) is 30.8 Å². The Labute approximate surface area is 151 Å². The first-order chi connectivity index (χ1) is 12.6. The molecule has 2 N–H and O–H groups in total. The van der Waals surface area contributed by atoms with Crippen LogP contribution in [-0.2, 0) is 12.8 Å². The number of hydrogen-bond acceptors (Lipinski definition) is 5. The maximum absolute atomic E-state index is 12.4. The predicted octanol–water partition coefficient (Wildman–Crippen LogP) is 1.81. The Kier molecular flexibility index (Phi) is 4.44. The van der Waals surface area contributed by atoms with Crippen molar-refractivity contribution in [3.05, 3.63) is 46.6 Å². The third-order valence-electron chi connectivity index (χ3n) is 4.98. The fourth-order valence-corrected chi connectivity index (χ4v) is 3.21. The molecule has 2 heterocycles. The molecule has 2 amide bonds. The summed E-state index contributed by atoms with van der Waals surface area (Å²) in [7, 11) is 0. The molecular formula is C19H22N4O3. The number of rotatable bonds is 5. The minimum absolute atomic E-state index is 0.0625. The topological polar surface area (TPSA) is 97.1 Å². The maximum atomic E-state index is 12.4. The second kappa shape index (κ2) is 6.90. The van der Waals surface area contributed by atoms with Crippen LogP contribution in [0.15, 0.2) is 22.9 Å². The quantitative estimate of drug-likeness (QED) is 0.853. The first-order valence-corrected chi connectivity index (χ1v) is 9.09. The Hall–Kier alpha value is -2.70. The fourth-order valence-electron chi connectivity index (χ4n) is 3.21. The molecule has 0 saturated heterocycles. The Balaban J connectivity index is 1.41. The number of aromatic nitrogens is 2. The predicted molar refractivity (Wildman–Crippen MR) is 93.8 cm³/mol. The van der Waals surface area contributed by atoms with E-state index >= 15 is 0 Å². The summed E-state index contributed by atoms with van der Waals surface area (Å²) in [6, 6.07) is 3.52. The van der Waals surface area contributed by atoms with Crippen molar-refractivity contribution >= 4 is 11.8 Å². The van der Waals surface area contributed by atoms with Gasteiger partial charge in [-0.1, -0.05) is 11.2 Å². The van der Waals surface area contributed by atoms with Gasteiger partial charge in [-0.15, -0.1) is 0 Å². The Bertz CT molecular complexity index is 824. The van der Waals surface area contributed by atoms with Gasteiger partial charge >= 0.3 is 0 Å². The van der Waals surface area contributed by atoms with E-state index in [0.29, 0.717) is 36.7 Å². The van der Waals surface area contributed by atoms with Crippen LogP contribution in [0.3, 0.4) is 0 Å². The SMILES string of the molecule is Cc1ccc(C(=O)NC2CCc3onc(C(=O)NCC4CC4)c3C2)nc1. The van der Waals surface area contributed by atoms with E-state index in [-0.39, 0.29) is 17.9 Å². The summed E-state index contributed by atoms with van der Waals surface area (Å²) < 4.78 is 5.35. The minimum Gasteiger partial charge on any atom is -0.360 e. The van der Waals surface area contributed by atoms with Gasteiger partial charge in [0.25, 0.3) is 11.8 Å². The normalized spacial score (nSPS) is 18.9. The fraction of sp³-hybridized carbons (Fsp3) is 0.474. The summed E-state index contributed by atoms with van der Waals surface area (Å²) in [4.78, 5) is 28.9. The van der Waals surface area contributed by atoms with Gasteiger partial charge in [-0.25, -0.2) is 0 Å². The van der Waals surface area contributed by atoms with Gasteiger partial charge in [0.1, 0.15) is 11.5 Å². The van der Waals surface area contributed by atoms with Crippen LogP contribution in [-0.4, -0.2) is 34.5 Å². The van der Waals surface area contributed by atoms with Crippen LogP contribution in [0.1, 0.15) is 57.1 Å². The highest BCUT2D eigenvalue weighted by molar-refractivity contribution is 5.94. The zero-order valence-corrected chi connectivity index (χ0v) is 14.7. The van der Waals surface area contributed by atoms with E-state index in [2.05, 4.69) is 20.8 Å². The number of nitrogens with zero attached hydrogens (tertiary/aromatic N) is 2. The van der Waals surface area contributed by atoms with Gasteiger partial charge in [0.2, 0.25) is 0 Å². The molecule has 136 valence electrons. The van der Waals surface area contributed by atoms with Gasteiger partial charge < -0.3 is 15.2 Å². The molecule has 0 bridgehead atoms. The largest absolute Gasteiger partial charge is 0.360 e. The highest BCUT2D eigenvalue weighted by Crippen LogP contribution is 2.28. The highest BCUT2D eigenvalue weighted by atomic mass is 16.5. The van der Waals surface area contributed by atoms with Crippen molar-refractivity contribution in [1.29, 1.82) is 0 Å². The molecule has 1 atom stereocenters. The Morgan fingerprint density at radius 2 is 2.08 bits per heavy atom. The van der Waals surface area contributed by atoms with Gasteiger partial charge in [0.15, 0.2) is 5.69 Å². The minimum atomic E-state index is -0.199. The molecular weight excluding hydrogens is 332 g/mol. The number of aryl methyl sites for hydroxylation is 2. The molecule has 7 heteroatoms. The first kappa shape index (κ1) is 16.8. The first-order valence-electron chi connectivity index (χ1n) is 9.09. The zero-order valence-electron chi connectivity index (χ0n) is 14.7. The molecule has 2 aliphatic rings. The summed E-state index contributed by atoms with van der Waals surface area (Å²) in [6.07, 6.45) is 5.99. The Morgan fingerprint density at radius 3 is 2.81 bits per heavy atom. The van der Waals surface area contributed by atoms with Crippen LogP contribution in [0, 0.1) is 12.8 Å². The summed E-state index contributed by atoms with van der Waals surface area (Å²) in [6.45, 7) is 2.62. The number of carbonyl (C=O) groups is 2. The summed E-state index contributed by atoms with van der Waals surface area (Å²) in [5.41, 5.74) is 2.57. The van der Waals surface area contributed by atoms with Gasteiger partial charge in [0.05, 0.1) is 0 Å². The number of carbonyl (C=O) groups excluding carboxylic acids is 2. The molecule has 0 radical (unpaired) electrons. The molecule has 0 spiro atoms. The van der Waals surface area contributed by atoms with E-state index in [4.69, 9.17) is 4.52 Å². The maximum Gasteiger partial charge on any atom is 0.273 e. The van der Waals surface area contributed by atoms with Crippen LogP contribution < -0.4 is 10.6 Å². The second-order valence-corrected chi connectivity index (χ2v) is 7.22. The van der Waals surface area contributed by atoms with E-state index in [1.54, 1.807) is 12.3 Å². The number of hydrogen-bond donors (Lipinski definition) is 2. The van der Waals surface area contributed by atoms with Crippen LogP contribution in [0.4, 0.5) is 0 Å². The molecule has 1 saturated carbocycles. The molecule has 26 heavy (non-hydrogen) atoms. The van der Waals surface area contributed by atoms with Crippen molar-refractivity contribution < 1.29 is 14.1 Å². The monoisotopic (exact) mass is 354 g/mol. The number of amides is 2. The lowest BCUT2D eigenvalue weighted by molar-refractivity contribution is 0.0926. The molecule has 2 aliphatic carbocycles. The van der Waals surface area contributed by atoms with E-state index < -0.39 is 0 Å². The second-order valence-electron chi connectivity index (χ2n) is 7.22. The average Bonchev–Trinajstić information content (AvgIpc) is 3.38. The van der Waals surface area contributed by atoms with Gasteiger partial charge in [-0.3, -0.25) is 14.6 Å². The molecule has 4 rings (SSSR count). The molecule has 0 aliphatic heterocycles. The van der Waals surface area contributed by atoms with E-state index in [9.17, 15) is 9.59 Å². The van der Waals surface area contributed by atoms with Crippen molar-refractivity contribution in [1.82, 2.24) is 20.8 Å². The van der Waals surface area contributed by atoms with Crippen LogP contribution in [0.25, 0.3) is 0 Å². The van der Waals surface area contributed by atoms with Crippen LogP contribution in [0.2, 0.25) is 0 Å². The lowest BCUT2D eigenvalue weighted by atomic mass is 9.91. The van der Waals surface area contributed by atoms with Crippen molar-refractivity contribution in [3.63, 3.8) is 0 Å². The summed E-state index contributed by atoms with van der Waals surface area (Å²) >= 11 is 0. The molecule has 1 fully saturated rings.